The smallest absolute Gasteiger partial charge is 0.283 e. The fourth-order valence-electron chi connectivity index (χ4n) is 1.90. The number of nitro benzene ring substituents is 1. The Balaban J connectivity index is 2.27. The van der Waals surface area contributed by atoms with E-state index < -0.39 is 10.8 Å². The summed E-state index contributed by atoms with van der Waals surface area (Å²) >= 11 is 7.31. The van der Waals surface area contributed by atoms with E-state index >= 15 is 0 Å². The predicted octanol–water partition coefficient (Wildman–Crippen LogP) is 3.89. The van der Waals surface area contributed by atoms with Crippen molar-refractivity contribution in [3.63, 3.8) is 0 Å². The molecule has 1 aromatic carbocycles. The molecule has 0 saturated carbocycles. The van der Waals surface area contributed by atoms with Crippen LogP contribution in [0.2, 0.25) is 5.02 Å². The maximum absolute atomic E-state index is 12.4. The number of nitrogens with zero attached hydrogens (tertiary/aromatic N) is 2. The van der Waals surface area contributed by atoms with Gasteiger partial charge < -0.3 is 4.90 Å². The number of nitro groups is 1. The van der Waals surface area contributed by atoms with Gasteiger partial charge in [-0.1, -0.05) is 11.6 Å². The Labute approximate surface area is 130 Å². The standard InChI is InChI=1S/C14H13ClN2O3S/c1-9-5-6-21-13(9)8-16(2)14(18)11-4-3-10(15)7-12(11)17(19)20/h3-7H,8H2,1-2H3. The van der Waals surface area contributed by atoms with Gasteiger partial charge in [0.25, 0.3) is 11.6 Å². The van der Waals surface area contributed by atoms with Crippen molar-refractivity contribution in [2.45, 2.75) is 13.5 Å². The normalized spacial score (nSPS) is 10.4. The number of aryl methyl sites for hydroxylation is 1. The van der Waals surface area contributed by atoms with Crippen molar-refractivity contribution in [1.29, 1.82) is 0 Å². The van der Waals surface area contributed by atoms with Gasteiger partial charge in [0, 0.05) is 23.0 Å². The minimum atomic E-state index is -0.594. The lowest BCUT2D eigenvalue weighted by Crippen LogP contribution is -2.26. The summed E-state index contributed by atoms with van der Waals surface area (Å²) in [6.07, 6.45) is 0. The summed E-state index contributed by atoms with van der Waals surface area (Å²) < 4.78 is 0. The third kappa shape index (κ3) is 3.40. The van der Waals surface area contributed by atoms with Crippen molar-refractivity contribution in [1.82, 2.24) is 4.90 Å². The van der Waals surface area contributed by atoms with Gasteiger partial charge in [-0.05, 0) is 36.1 Å². The van der Waals surface area contributed by atoms with Gasteiger partial charge in [-0.15, -0.1) is 11.3 Å². The highest BCUT2D eigenvalue weighted by Gasteiger charge is 2.23. The van der Waals surface area contributed by atoms with Crippen LogP contribution in [0.5, 0.6) is 0 Å². The van der Waals surface area contributed by atoms with E-state index in [9.17, 15) is 14.9 Å². The summed E-state index contributed by atoms with van der Waals surface area (Å²) in [5.41, 5.74) is 0.869. The molecular formula is C14H13ClN2O3S. The lowest BCUT2D eigenvalue weighted by molar-refractivity contribution is -0.385. The van der Waals surface area contributed by atoms with Gasteiger partial charge >= 0.3 is 0 Å². The van der Waals surface area contributed by atoms with Gasteiger partial charge in [-0.3, -0.25) is 14.9 Å². The van der Waals surface area contributed by atoms with E-state index in [1.807, 2.05) is 18.4 Å². The average molecular weight is 325 g/mol. The minimum absolute atomic E-state index is 0.0427. The maximum Gasteiger partial charge on any atom is 0.283 e. The van der Waals surface area contributed by atoms with Crippen molar-refractivity contribution in [2.75, 3.05) is 7.05 Å². The second kappa shape index (κ2) is 6.24. The lowest BCUT2D eigenvalue weighted by atomic mass is 10.1. The van der Waals surface area contributed by atoms with Gasteiger partial charge in [-0.2, -0.15) is 0 Å². The Kier molecular flexibility index (Phi) is 4.59. The largest absolute Gasteiger partial charge is 0.336 e. The van der Waals surface area contributed by atoms with E-state index in [4.69, 9.17) is 11.6 Å². The fraction of sp³-hybridized carbons (Fsp3) is 0.214. The minimum Gasteiger partial charge on any atom is -0.336 e. The molecule has 1 amide bonds. The van der Waals surface area contributed by atoms with E-state index in [0.29, 0.717) is 6.54 Å². The highest BCUT2D eigenvalue weighted by Crippen LogP contribution is 2.25. The molecule has 1 aromatic heterocycles. The van der Waals surface area contributed by atoms with Crippen LogP contribution in [0.15, 0.2) is 29.6 Å². The first-order valence-corrected chi connectivity index (χ1v) is 7.38. The molecule has 0 atom stereocenters. The van der Waals surface area contributed by atoms with Crippen molar-refractivity contribution >= 4 is 34.5 Å². The molecule has 0 aliphatic rings. The molecule has 21 heavy (non-hydrogen) atoms. The molecule has 0 aliphatic heterocycles. The second-order valence-electron chi connectivity index (χ2n) is 4.61. The molecule has 0 fully saturated rings. The molecule has 2 aromatic rings. The van der Waals surface area contributed by atoms with Crippen LogP contribution in [0.4, 0.5) is 5.69 Å². The van der Waals surface area contributed by atoms with Crippen LogP contribution in [-0.4, -0.2) is 22.8 Å². The Hall–Kier alpha value is -1.92. The Morgan fingerprint density at radius 3 is 2.71 bits per heavy atom. The van der Waals surface area contributed by atoms with Gasteiger partial charge in [0.1, 0.15) is 5.56 Å². The first-order chi connectivity index (χ1) is 9.90. The Morgan fingerprint density at radius 1 is 1.43 bits per heavy atom. The van der Waals surface area contributed by atoms with Gasteiger partial charge in [-0.25, -0.2) is 0 Å². The van der Waals surface area contributed by atoms with Crippen LogP contribution in [0.3, 0.4) is 0 Å². The number of thiophene rings is 1. The number of rotatable bonds is 4. The molecule has 0 radical (unpaired) electrons. The molecule has 0 saturated heterocycles. The molecular weight excluding hydrogens is 312 g/mol. The summed E-state index contributed by atoms with van der Waals surface area (Å²) in [5.74, 6) is -0.397. The first kappa shape index (κ1) is 15.5. The predicted molar refractivity (Wildman–Crippen MR) is 83.0 cm³/mol. The molecule has 110 valence electrons. The number of carbonyl (C=O) groups is 1. The lowest BCUT2D eigenvalue weighted by Gasteiger charge is -2.17. The molecule has 7 heteroatoms. The van der Waals surface area contributed by atoms with E-state index in [1.54, 1.807) is 18.4 Å². The summed E-state index contributed by atoms with van der Waals surface area (Å²) in [5, 5.41) is 13.2. The number of hydrogen-bond donors (Lipinski definition) is 0. The fourth-order valence-corrected chi connectivity index (χ4v) is 3.02. The van der Waals surface area contributed by atoms with Crippen LogP contribution < -0.4 is 0 Å². The zero-order chi connectivity index (χ0) is 15.6. The van der Waals surface area contributed by atoms with Gasteiger partial charge in [0.2, 0.25) is 0 Å². The third-order valence-electron chi connectivity index (χ3n) is 3.08. The van der Waals surface area contributed by atoms with E-state index in [0.717, 1.165) is 10.4 Å². The van der Waals surface area contributed by atoms with E-state index in [-0.39, 0.29) is 16.3 Å². The molecule has 0 bridgehead atoms. The molecule has 0 spiro atoms. The van der Waals surface area contributed by atoms with Gasteiger partial charge in [0.15, 0.2) is 0 Å². The third-order valence-corrected chi connectivity index (χ3v) is 4.33. The Bertz CT molecular complexity index is 699. The second-order valence-corrected chi connectivity index (χ2v) is 6.04. The molecule has 5 nitrogen and oxygen atoms in total. The monoisotopic (exact) mass is 324 g/mol. The maximum atomic E-state index is 12.4. The molecule has 2 rings (SSSR count). The van der Waals surface area contributed by atoms with Crippen molar-refractivity contribution in [2.24, 2.45) is 0 Å². The molecule has 0 N–H and O–H groups in total. The van der Waals surface area contributed by atoms with E-state index in [2.05, 4.69) is 0 Å². The highest BCUT2D eigenvalue weighted by molar-refractivity contribution is 7.10. The molecule has 0 aliphatic carbocycles. The van der Waals surface area contributed by atoms with Crippen LogP contribution in [0, 0.1) is 17.0 Å². The first-order valence-electron chi connectivity index (χ1n) is 6.12. The number of halogens is 1. The van der Waals surface area contributed by atoms with Crippen LogP contribution in [0.25, 0.3) is 0 Å². The van der Waals surface area contributed by atoms with Crippen molar-refractivity contribution < 1.29 is 9.72 Å². The summed E-state index contributed by atoms with van der Waals surface area (Å²) in [6.45, 7) is 2.39. The van der Waals surface area contributed by atoms with Crippen LogP contribution in [0.1, 0.15) is 20.8 Å². The summed E-state index contributed by atoms with van der Waals surface area (Å²) in [7, 11) is 1.62. The number of carbonyl (C=O) groups excluding carboxylic acids is 1. The van der Waals surface area contributed by atoms with Crippen molar-refractivity contribution in [3.05, 3.63) is 60.8 Å². The summed E-state index contributed by atoms with van der Waals surface area (Å²) in [6, 6.07) is 6.04. The van der Waals surface area contributed by atoms with Crippen LogP contribution >= 0.6 is 22.9 Å². The Morgan fingerprint density at radius 2 is 2.14 bits per heavy atom. The number of amides is 1. The molecule has 0 unspecified atom stereocenters. The zero-order valence-corrected chi connectivity index (χ0v) is 13.1. The highest BCUT2D eigenvalue weighted by atomic mass is 35.5. The molecule has 1 heterocycles. The zero-order valence-electron chi connectivity index (χ0n) is 11.5. The number of hydrogen-bond acceptors (Lipinski definition) is 4. The van der Waals surface area contributed by atoms with E-state index in [1.165, 1.54) is 23.1 Å². The quantitative estimate of drug-likeness (QED) is 0.633. The average Bonchev–Trinajstić information content (AvgIpc) is 2.83. The van der Waals surface area contributed by atoms with Gasteiger partial charge in [0.05, 0.1) is 11.5 Å². The summed E-state index contributed by atoms with van der Waals surface area (Å²) in [4.78, 5) is 25.4. The van der Waals surface area contributed by atoms with Crippen LogP contribution in [-0.2, 0) is 6.54 Å². The topological polar surface area (TPSA) is 63.5 Å². The number of benzene rings is 1. The van der Waals surface area contributed by atoms with Crippen molar-refractivity contribution in [3.8, 4) is 0 Å². The SMILES string of the molecule is Cc1ccsc1CN(C)C(=O)c1ccc(Cl)cc1[N+](=O)[O-].